The van der Waals surface area contributed by atoms with Crippen molar-refractivity contribution in [1.29, 1.82) is 0 Å². The van der Waals surface area contributed by atoms with Gasteiger partial charge in [-0.3, -0.25) is 0 Å². The Kier molecular flexibility index (Phi) is 4.68. The summed E-state index contributed by atoms with van der Waals surface area (Å²) in [6, 6.07) is 10.2. The lowest BCUT2D eigenvalue weighted by Gasteiger charge is -2.39. The van der Waals surface area contributed by atoms with E-state index >= 15 is 0 Å². The number of benzene rings is 1. The second-order valence-electron chi connectivity index (χ2n) is 6.14. The molecule has 1 aliphatic heterocycles. The first-order valence-corrected chi connectivity index (χ1v) is 9.34. The van der Waals surface area contributed by atoms with E-state index in [-0.39, 0.29) is 22.5 Å². The Morgan fingerprint density at radius 3 is 2.52 bits per heavy atom. The van der Waals surface area contributed by atoms with Crippen molar-refractivity contribution in [1.82, 2.24) is 9.21 Å². The Bertz CT molecular complexity index is 876. The van der Waals surface area contributed by atoms with Gasteiger partial charge < -0.3 is 14.4 Å². The summed E-state index contributed by atoms with van der Waals surface area (Å²) in [5.41, 5.74) is 0.900. The molecular weight excluding hydrogens is 344 g/mol. The molecule has 1 fully saturated rings. The van der Waals surface area contributed by atoms with E-state index < -0.39 is 16.0 Å². The van der Waals surface area contributed by atoms with Gasteiger partial charge in [-0.2, -0.15) is 4.31 Å². The Morgan fingerprint density at radius 1 is 1.24 bits per heavy atom. The Balaban J connectivity index is 2.03. The van der Waals surface area contributed by atoms with Crippen molar-refractivity contribution in [3.63, 3.8) is 0 Å². The van der Waals surface area contributed by atoms with E-state index in [4.69, 9.17) is 9.52 Å². The predicted octanol–water partition coefficient (Wildman–Crippen LogP) is 1.96. The normalized spacial score (nSPS) is 19.8. The van der Waals surface area contributed by atoms with Crippen LogP contribution in [-0.4, -0.2) is 55.4 Å². The quantitative estimate of drug-likeness (QED) is 0.892. The summed E-state index contributed by atoms with van der Waals surface area (Å²) in [5.74, 6) is -1.58. The molecule has 2 aromatic rings. The van der Waals surface area contributed by atoms with Crippen molar-refractivity contribution in [2.24, 2.45) is 0 Å². The van der Waals surface area contributed by atoms with Crippen molar-refractivity contribution >= 4 is 16.0 Å². The minimum absolute atomic E-state index is 0.0862. The monoisotopic (exact) mass is 364 g/mol. The molecule has 1 saturated heterocycles. The highest BCUT2D eigenvalue weighted by atomic mass is 32.2. The number of hydrogen-bond donors (Lipinski definition) is 1. The van der Waals surface area contributed by atoms with Gasteiger partial charge in [0.15, 0.2) is 0 Å². The standard InChI is InChI=1S/C17H20N2O5S/c1-12-16(10-15(24-12)17(20)21)25(22,23)19-9-8-18(2)11-14(19)13-6-4-3-5-7-13/h3-7,10,14H,8-9,11H2,1-2H3,(H,20,21)/t14-/m0/s1. The minimum Gasteiger partial charge on any atom is -0.475 e. The van der Waals surface area contributed by atoms with Gasteiger partial charge >= 0.3 is 5.97 Å². The number of carboxylic acids is 1. The van der Waals surface area contributed by atoms with E-state index in [9.17, 15) is 13.2 Å². The first-order chi connectivity index (χ1) is 11.8. The highest BCUT2D eigenvalue weighted by Gasteiger charge is 2.38. The fraction of sp³-hybridized carbons (Fsp3) is 0.353. The first-order valence-electron chi connectivity index (χ1n) is 7.90. The number of aromatic carboxylic acids is 1. The summed E-state index contributed by atoms with van der Waals surface area (Å²) >= 11 is 0. The van der Waals surface area contributed by atoms with E-state index in [0.717, 1.165) is 11.6 Å². The van der Waals surface area contributed by atoms with Crippen LogP contribution in [-0.2, 0) is 10.0 Å². The van der Waals surface area contributed by atoms with E-state index in [1.807, 2.05) is 37.4 Å². The van der Waals surface area contributed by atoms with Crippen LogP contribution in [0.1, 0.15) is 27.9 Å². The summed E-state index contributed by atoms with van der Waals surface area (Å²) in [6.07, 6.45) is 0. The second-order valence-corrected chi connectivity index (χ2v) is 8.00. The molecule has 0 unspecified atom stereocenters. The number of hydrogen-bond acceptors (Lipinski definition) is 5. The van der Waals surface area contributed by atoms with Crippen LogP contribution in [0.2, 0.25) is 0 Å². The number of nitrogens with zero attached hydrogens (tertiary/aromatic N) is 2. The van der Waals surface area contributed by atoms with Gasteiger partial charge in [-0.05, 0) is 19.5 Å². The van der Waals surface area contributed by atoms with Gasteiger partial charge in [-0.1, -0.05) is 30.3 Å². The SMILES string of the molecule is Cc1oc(C(=O)O)cc1S(=O)(=O)N1CCN(C)C[C@H]1c1ccccc1. The number of piperazine rings is 1. The van der Waals surface area contributed by atoms with Crippen LogP contribution >= 0.6 is 0 Å². The van der Waals surface area contributed by atoms with Gasteiger partial charge in [-0.15, -0.1) is 0 Å². The van der Waals surface area contributed by atoms with Gasteiger partial charge in [0.1, 0.15) is 10.7 Å². The van der Waals surface area contributed by atoms with Crippen LogP contribution in [0, 0.1) is 6.92 Å². The summed E-state index contributed by atoms with van der Waals surface area (Å²) < 4.78 is 32.9. The van der Waals surface area contributed by atoms with Crippen LogP contribution in [0.25, 0.3) is 0 Å². The third-order valence-corrected chi connectivity index (χ3v) is 6.40. The van der Waals surface area contributed by atoms with Gasteiger partial charge in [0.05, 0.1) is 6.04 Å². The molecule has 0 amide bonds. The Hall–Kier alpha value is -2.16. The van der Waals surface area contributed by atoms with E-state index in [0.29, 0.717) is 19.6 Å². The summed E-state index contributed by atoms with van der Waals surface area (Å²) in [7, 11) is -1.93. The fourth-order valence-electron chi connectivity index (χ4n) is 3.09. The molecule has 0 spiro atoms. The van der Waals surface area contributed by atoms with Gasteiger partial charge in [0, 0.05) is 25.7 Å². The molecule has 1 atom stereocenters. The second kappa shape index (κ2) is 6.62. The predicted molar refractivity (Wildman–Crippen MR) is 91.0 cm³/mol. The van der Waals surface area contributed by atoms with Crippen LogP contribution in [0.15, 0.2) is 45.7 Å². The molecule has 8 heteroatoms. The number of carboxylic acid groups (broad SMARTS) is 1. The largest absolute Gasteiger partial charge is 0.475 e. The van der Waals surface area contributed by atoms with Gasteiger partial charge in [0.25, 0.3) is 0 Å². The lowest BCUT2D eigenvalue weighted by Crippen LogP contribution is -2.49. The van der Waals surface area contributed by atoms with Crippen LogP contribution in [0.3, 0.4) is 0 Å². The van der Waals surface area contributed by atoms with Gasteiger partial charge in [0.2, 0.25) is 15.8 Å². The number of likely N-dealkylation sites (N-methyl/N-ethyl adjacent to an activating group) is 1. The summed E-state index contributed by atoms with van der Waals surface area (Å²) in [4.78, 5) is 13.1. The molecule has 25 heavy (non-hydrogen) atoms. The molecule has 0 saturated carbocycles. The fourth-order valence-corrected chi connectivity index (χ4v) is 4.85. The van der Waals surface area contributed by atoms with Crippen LogP contribution in [0.5, 0.6) is 0 Å². The molecule has 2 heterocycles. The molecule has 1 aromatic carbocycles. The smallest absolute Gasteiger partial charge is 0.371 e. The van der Waals surface area contributed by atoms with Crippen LogP contribution < -0.4 is 0 Å². The summed E-state index contributed by atoms with van der Waals surface area (Å²) in [5, 5.41) is 9.05. The van der Waals surface area contributed by atoms with E-state index in [1.165, 1.54) is 11.2 Å². The maximum atomic E-state index is 13.2. The highest BCUT2D eigenvalue weighted by molar-refractivity contribution is 7.89. The average Bonchev–Trinajstić information content (AvgIpc) is 2.98. The first kappa shape index (κ1) is 17.7. The molecular formula is C17H20N2O5S. The molecule has 1 N–H and O–H groups in total. The molecule has 0 aliphatic carbocycles. The zero-order valence-corrected chi connectivity index (χ0v) is 14.9. The molecule has 134 valence electrons. The maximum absolute atomic E-state index is 13.2. The van der Waals surface area contributed by atoms with E-state index in [1.54, 1.807) is 0 Å². The number of aryl methyl sites for hydroxylation is 1. The van der Waals surface area contributed by atoms with Crippen molar-refractivity contribution in [3.05, 3.63) is 53.5 Å². The zero-order chi connectivity index (χ0) is 18.2. The molecule has 3 rings (SSSR count). The minimum atomic E-state index is -3.88. The van der Waals surface area contributed by atoms with Crippen molar-refractivity contribution in [3.8, 4) is 0 Å². The number of carbonyl (C=O) groups is 1. The summed E-state index contributed by atoms with van der Waals surface area (Å²) in [6.45, 7) is 2.95. The number of sulfonamides is 1. The zero-order valence-electron chi connectivity index (χ0n) is 14.0. The van der Waals surface area contributed by atoms with Crippen LogP contribution in [0.4, 0.5) is 0 Å². The molecule has 0 radical (unpaired) electrons. The average molecular weight is 364 g/mol. The topological polar surface area (TPSA) is 91.1 Å². The molecule has 1 aromatic heterocycles. The third-order valence-electron chi connectivity index (χ3n) is 4.39. The maximum Gasteiger partial charge on any atom is 0.371 e. The van der Waals surface area contributed by atoms with Crippen molar-refractivity contribution in [2.75, 3.05) is 26.7 Å². The van der Waals surface area contributed by atoms with Gasteiger partial charge in [-0.25, -0.2) is 13.2 Å². The molecule has 1 aliphatic rings. The Labute approximate surface area is 146 Å². The molecule has 7 nitrogen and oxygen atoms in total. The van der Waals surface area contributed by atoms with E-state index in [2.05, 4.69) is 4.90 Å². The van der Waals surface area contributed by atoms with Crippen molar-refractivity contribution < 1.29 is 22.7 Å². The van der Waals surface area contributed by atoms with Crippen molar-refractivity contribution in [2.45, 2.75) is 17.9 Å². The highest BCUT2D eigenvalue weighted by Crippen LogP contribution is 2.33. The number of rotatable bonds is 4. The third kappa shape index (κ3) is 3.33. The number of furan rings is 1. The lowest BCUT2D eigenvalue weighted by atomic mass is 10.1. The Morgan fingerprint density at radius 2 is 1.92 bits per heavy atom. The molecule has 0 bridgehead atoms. The lowest BCUT2D eigenvalue weighted by molar-refractivity contribution is 0.0661.